The monoisotopic (exact) mass is 1050 g/mol. The molecule has 6 N–H and O–H groups in total. The molecule has 0 spiro atoms. The molecule has 1 saturated heterocycles. The zero-order valence-corrected chi connectivity index (χ0v) is 42.8. The SMILES string of the molecule is Cc1n[nH]c(C)c1-c1cc(-c2c(C)noc2C)cc2[nH]c(NS(C)(=O)=O)nc12.Cc1n[nH]c(C)c1B1OC(C)(C)C(C)(C)O1.Cc1noc(C)c1-c1cc(I)c2nc(NS(C)(=O)=O)[nH]c2c1. The summed E-state index contributed by atoms with van der Waals surface area (Å²) < 4.78 is 74.1. The van der Waals surface area contributed by atoms with Crippen LogP contribution in [0.5, 0.6) is 0 Å². The number of rotatable bonds is 8. The van der Waals surface area contributed by atoms with Gasteiger partial charge in [0.05, 0.1) is 63.0 Å². The van der Waals surface area contributed by atoms with Gasteiger partial charge < -0.3 is 28.3 Å². The van der Waals surface area contributed by atoms with Crippen LogP contribution in [0.4, 0.5) is 11.9 Å². The number of hydrogen-bond acceptors (Lipinski definition) is 14. The van der Waals surface area contributed by atoms with Crippen molar-refractivity contribution in [3.05, 3.63) is 73.5 Å². The quantitative estimate of drug-likeness (QED) is 0.0641. The Hall–Kier alpha value is -5.57. The van der Waals surface area contributed by atoms with Crippen molar-refractivity contribution in [1.82, 2.24) is 50.6 Å². The number of nitrogens with zero attached hydrogens (tertiary/aromatic N) is 6. The summed E-state index contributed by atoms with van der Waals surface area (Å²) in [5, 5.41) is 22.4. The van der Waals surface area contributed by atoms with E-state index < -0.39 is 20.0 Å². The molecule has 0 radical (unpaired) electrons. The highest BCUT2D eigenvalue weighted by atomic mass is 127. The summed E-state index contributed by atoms with van der Waals surface area (Å²) in [5.74, 6) is 1.80. The molecule has 0 aliphatic carbocycles. The van der Waals surface area contributed by atoms with Crippen molar-refractivity contribution in [2.45, 2.75) is 94.3 Å². The second-order valence-electron chi connectivity index (χ2n) is 17.3. The van der Waals surface area contributed by atoms with Crippen molar-refractivity contribution in [1.29, 1.82) is 0 Å². The first-order valence-electron chi connectivity index (χ1n) is 20.6. The van der Waals surface area contributed by atoms with Crippen molar-refractivity contribution in [2.75, 3.05) is 22.0 Å². The van der Waals surface area contributed by atoms with Gasteiger partial charge in [-0.25, -0.2) is 26.8 Å². The minimum atomic E-state index is -3.46. The zero-order chi connectivity index (χ0) is 48.4. The number of sulfonamides is 2. The Morgan fingerprint density at radius 3 is 1.48 bits per heavy atom. The van der Waals surface area contributed by atoms with Gasteiger partial charge >= 0.3 is 7.12 Å². The fourth-order valence-corrected chi connectivity index (χ4v) is 9.37. The van der Waals surface area contributed by atoms with Crippen LogP contribution >= 0.6 is 22.6 Å². The lowest BCUT2D eigenvalue weighted by Gasteiger charge is -2.32. The second-order valence-corrected chi connectivity index (χ2v) is 22.0. The van der Waals surface area contributed by atoms with Gasteiger partial charge in [-0.1, -0.05) is 10.3 Å². The van der Waals surface area contributed by atoms with E-state index in [2.05, 4.69) is 110 Å². The Labute approximate surface area is 396 Å². The average Bonchev–Trinajstić information content (AvgIpc) is 4.06. The lowest BCUT2D eigenvalue weighted by atomic mass is 9.77. The molecule has 0 bridgehead atoms. The molecule has 0 amide bonds. The Morgan fingerprint density at radius 1 is 0.606 bits per heavy atom. The van der Waals surface area contributed by atoms with Crippen LogP contribution < -0.4 is 14.9 Å². The number of fused-ring (bicyclic) bond motifs is 2. The van der Waals surface area contributed by atoms with Crippen molar-refractivity contribution in [2.24, 2.45) is 0 Å². The van der Waals surface area contributed by atoms with Gasteiger partial charge in [-0.15, -0.1) is 0 Å². The lowest BCUT2D eigenvalue weighted by Crippen LogP contribution is -2.41. The second kappa shape index (κ2) is 17.6. The molecule has 1 fully saturated rings. The van der Waals surface area contributed by atoms with Crippen LogP contribution in [0, 0.1) is 59.0 Å². The number of aromatic amines is 4. The number of imidazole rings is 2. The Morgan fingerprint density at radius 2 is 1.06 bits per heavy atom. The largest absolute Gasteiger partial charge is 0.498 e. The highest BCUT2D eigenvalue weighted by molar-refractivity contribution is 14.1. The van der Waals surface area contributed by atoms with Crippen LogP contribution in [-0.4, -0.2) is 98.3 Å². The summed E-state index contributed by atoms with van der Waals surface area (Å²) in [4.78, 5) is 14.8. The molecule has 0 saturated carbocycles. The normalized spacial score (nSPS) is 14.6. The predicted molar refractivity (Wildman–Crippen MR) is 263 cm³/mol. The van der Waals surface area contributed by atoms with Crippen molar-refractivity contribution < 1.29 is 35.2 Å². The number of aryl methyl sites for hydroxylation is 8. The summed E-state index contributed by atoms with van der Waals surface area (Å²) >= 11 is 2.17. The van der Waals surface area contributed by atoms with Crippen LogP contribution in [0.1, 0.15) is 73.4 Å². The van der Waals surface area contributed by atoms with Crippen LogP contribution in [-0.2, 0) is 29.4 Å². The summed E-state index contributed by atoms with van der Waals surface area (Å²) in [6.07, 6.45) is 2.17. The fourth-order valence-electron chi connectivity index (χ4n) is 7.73. The van der Waals surface area contributed by atoms with E-state index in [0.717, 1.165) is 100 Å². The molecule has 9 rings (SSSR count). The molecule has 1 aliphatic rings. The number of anilines is 2. The zero-order valence-electron chi connectivity index (χ0n) is 39.0. The van der Waals surface area contributed by atoms with Gasteiger partial charge in [-0.05, 0) is 141 Å². The average molecular weight is 1050 g/mol. The van der Waals surface area contributed by atoms with Crippen LogP contribution in [0.15, 0.2) is 33.3 Å². The molecule has 6 aromatic heterocycles. The highest BCUT2D eigenvalue weighted by Crippen LogP contribution is 2.39. The molecule has 66 heavy (non-hydrogen) atoms. The Bertz CT molecular complexity index is 3270. The van der Waals surface area contributed by atoms with E-state index in [1.165, 1.54) is 0 Å². The minimum Gasteiger partial charge on any atom is -0.399 e. The molecular weight excluding hydrogens is 1000 g/mol. The first-order chi connectivity index (χ1) is 30.6. The van der Waals surface area contributed by atoms with Crippen LogP contribution in [0.2, 0.25) is 0 Å². The lowest BCUT2D eigenvalue weighted by molar-refractivity contribution is 0.00578. The number of nitrogens with one attached hydrogen (secondary N) is 6. The molecule has 0 atom stereocenters. The molecule has 0 unspecified atom stereocenters. The van der Waals surface area contributed by atoms with E-state index in [0.29, 0.717) is 22.3 Å². The minimum absolute atomic E-state index is 0.161. The third kappa shape index (κ3) is 9.91. The number of aromatic nitrogens is 10. The Kier molecular flexibility index (Phi) is 12.9. The van der Waals surface area contributed by atoms with E-state index in [9.17, 15) is 16.8 Å². The van der Waals surface area contributed by atoms with Gasteiger partial charge in [0, 0.05) is 42.7 Å². The summed E-state index contributed by atoms with van der Waals surface area (Å²) in [6.45, 7) is 23.5. The van der Waals surface area contributed by atoms with Gasteiger partial charge in [-0.2, -0.15) is 10.2 Å². The molecule has 350 valence electrons. The van der Waals surface area contributed by atoms with E-state index >= 15 is 0 Å². The molecule has 8 aromatic rings. The third-order valence-electron chi connectivity index (χ3n) is 11.4. The van der Waals surface area contributed by atoms with E-state index in [-0.39, 0.29) is 30.2 Å². The third-order valence-corrected chi connectivity index (χ3v) is 13.4. The summed E-state index contributed by atoms with van der Waals surface area (Å²) in [6, 6.07) is 7.80. The van der Waals surface area contributed by atoms with Gasteiger partial charge in [0.1, 0.15) is 17.0 Å². The maximum atomic E-state index is 11.6. The number of hydrogen-bond donors (Lipinski definition) is 6. The maximum Gasteiger partial charge on any atom is 0.498 e. The maximum absolute atomic E-state index is 11.6. The standard InChI is InChI=1S/C18H20N6O3S.C13H13IN4O3S.C11H19BN2O2/c1-8-15(9(2)22-21-8)13-6-12(16-10(3)23-27-11(16)4)7-14-17(13)20-18(19-14)24-28(5,25)26;1-6-11(7(2)21-17-6)8-4-9(14)12-10(5-8)15-13(16-12)18-22(3,19)20;1-7-9(8(2)14-13-7)12-15-10(3,4)11(5,6)16-12/h6-7H,1-5H3,(H,21,22)(H2,19,20,24);4-5H,1-3H3,(H2,15,16,18);1-6H3,(H,13,14). The van der Waals surface area contributed by atoms with E-state index in [1.54, 1.807) is 0 Å². The van der Waals surface area contributed by atoms with Gasteiger partial charge in [0.15, 0.2) is 0 Å². The van der Waals surface area contributed by atoms with Gasteiger partial charge in [0.25, 0.3) is 0 Å². The molecular formula is C42H52BIN12O8S2. The number of H-pyrrole nitrogens is 4. The predicted octanol–water partition coefficient (Wildman–Crippen LogP) is 7.35. The first kappa shape index (κ1) is 48.4. The first-order valence-corrected chi connectivity index (χ1v) is 25.4. The molecule has 2 aromatic carbocycles. The molecule has 7 heterocycles. The fraction of sp³-hybridized carbons (Fsp3) is 0.381. The van der Waals surface area contributed by atoms with Gasteiger partial charge in [-0.3, -0.25) is 19.6 Å². The molecule has 20 nitrogen and oxygen atoms in total. The molecule has 1 aliphatic heterocycles. The highest BCUT2D eigenvalue weighted by Gasteiger charge is 2.53. The summed E-state index contributed by atoms with van der Waals surface area (Å²) in [5.41, 5.74) is 13.9. The summed E-state index contributed by atoms with van der Waals surface area (Å²) in [7, 11) is -7.15. The topological polar surface area (TPSA) is 278 Å². The van der Waals surface area contributed by atoms with Crippen LogP contribution in [0.25, 0.3) is 55.4 Å². The van der Waals surface area contributed by atoms with Crippen molar-refractivity contribution in [3.63, 3.8) is 0 Å². The number of benzene rings is 2. The van der Waals surface area contributed by atoms with E-state index in [4.69, 9.17) is 18.4 Å². The van der Waals surface area contributed by atoms with Gasteiger partial charge in [0.2, 0.25) is 31.9 Å². The van der Waals surface area contributed by atoms with E-state index in [1.807, 2.05) is 79.7 Å². The van der Waals surface area contributed by atoms with Crippen molar-refractivity contribution >= 4 is 89.2 Å². The molecule has 24 heteroatoms. The van der Waals surface area contributed by atoms with Crippen molar-refractivity contribution in [3.8, 4) is 33.4 Å². The van der Waals surface area contributed by atoms with Crippen LogP contribution in [0.3, 0.4) is 0 Å². The Balaban J connectivity index is 0.000000153. The smallest absolute Gasteiger partial charge is 0.399 e. The number of halogens is 1.